The minimum Gasteiger partial charge on any atom is -0.238 e. The normalized spacial score (nSPS) is 10.9. The summed E-state index contributed by atoms with van der Waals surface area (Å²) in [6.07, 6.45) is 1.06. The van der Waals surface area contributed by atoms with E-state index in [1.807, 2.05) is 24.3 Å². The van der Waals surface area contributed by atoms with Crippen molar-refractivity contribution >= 4 is 5.69 Å². The third-order valence-corrected chi connectivity index (χ3v) is 1.80. The first-order chi connectivity index (χ1) is 6.01. The van der Waals surface area contributed by atoms with Crippen molar-refractivity contribution in [3.8, 4) is 0 Å². The van der Waals surface area contributed by atoms with Crippen molar-refractivity contribution < 1.29 is 0 Å². The van der Waals surface area contributed by atoms with Gasteiger partial charge < -0.3 is 0 Å². The highest BCUT2D eigenvalue weighted by Gasteiger charge is 2.10. The van der Waals surface area contributed by atoms with Gasteiger partial charge in [0.2, 0.25) is 0 Å². The molecule has 0 aliphatic carbocycles. The smallest absolute Gasteiger partial charge is 0.187 e. The van der Waals surface area contributed by atoms with E-state index in [0.717, 1.165) is 12.1 Å². The van der Waals surface area contributed by atoms with Gasteiger partial charge in [-0.3, -0.25) is 0 Å². The van der Waals surface area contributed by atoms with E-state index in [9.17, 15) is 0 Å². The number of hydrogen-bond acceptors (Lipinski definition) is 0. The van der Waals surface area contributed by atoms with Crippen LogP contribution in [0.5, 0.6) is 0 Å². The lowest BCUT2D eigenvalue weighted by atomic mass is 9.88. The summed E-state index contributed by atoms with van der Waals surface area (Å²) < 4.78 is 0. The van der Waals surface area contributed by atoms with Gasteiger partial charge in [-0.1, -0.05) is 45.0 Å². The molecule has 0 atom stereocenters. The maximum Gasteiger partial charge on any atom is 0.187 e. The highest BCUT2D eigenvalue weighted by molar-refractivity contribution is 5.45. The van der Waals surface area contributed by atoms with Crippen LogP contribution in [0.4, 0.5) is 5.69 Å². The molecule has 0 N–H and O–H groups in total. The Labute approximate surface area is 80.2 Å². The zero-order chi connectivity index (χ0) is 9.90. The molecule has 0 amide bonds. The van der Waals surface area contributed by atoms with Gasteiger partial charge in [0.25, 0.3) is 0 Å². The summed E-state index contributed by atoms with van der Waals surface area (Å²) in [5.74, 6) is 0. The molecule has 0 aliphatic heterocycles. The maximum atomic E-state index is 6.82. The summed E-state index contributed by atoms with van der Waals surface area (Å²) >= 11 is 0. The van der Waals surface area contributed by atoms with Gasteiger partial charge in [0.05, 0.1) is 6.57 Å². The van der Waals surface area contributed by atoms with E-state index in [1.165, 1.54) is 5.56 Å². The number of rotatable bonds is 1. The Morgan fingerprint density at radius 1 is 1.15 bits per heavy atom. The summed E-state index contributed by atoms with van der Waals surface area (Å²) in [4.78, 5) is 3.36. The van der Waals surface area contributed by atoms with Crippen LogP contribution in [0.15, 0.2) is 24.3 Å². The highest BCUT2D eigenvalue weighted by Crippen LogP contribution is 2.22. The molecule has 0 bridgehead atoms. The van der Waals surface area contributed by atoms with E-state index >= 15 is 0 Å². The molecular weight excluding hydrogens is 158 g/mol. The highest BCUT2D eigenvalue weighted by atomic mass is 14.6. The Morgan fingerprint density at radius 3 is 2.08 bits per heavy atom. The van der Waals surface area contributed by atoms with Gasteiger partial charge in [0.1, 0.15) is 0 Å². The van der Waals surface area contributed by atoms with Gasteiger partial charge in [0, 0.05) is 0 Å². The van der Waals surface area contributed by atoms with Crippen LogP contribution in [0.1, 0.15) is 26.3 Å². The van der Waals surface area contributed by atoms with E-state index in [4.69, 9.17) is 6.57 Å². The Hall–Kier alpha value is -1.29. The summed E-state index contributed by atoms with van der Waals surface area (Å²) in [7, 11) is 0. The Balaban J connectivity index is 2.77. The minimum atomic E-state index is 0.319. The molecule has 0 unspecified atom stereocenters. The number of benzene rings is 1. The third-order valence-electron chi connectivity index (χ3n) is 1.80. The largest absolute Gasteiger partial charge is 0.238 e. The van der Waals surface area contributed by atoms with E-state index < -0.39 is 0 Å². The molecule has 0 fully saturated rings. The van der Waals surface area contributed by atoms with Gasteiger partial charge in [-0.25, -0.2) is 4.85 Å². The first-order valence-corrected chi connectivity index (χ1v) is 4.48. The molecule has 0 aliphatic rings. The van der Waals surface area contributed by atoms with Crippen LogP contribution < -0.4 is 0 Å². The lowest BCUT2D eigenvalue weighted by Crippen LogP contribution is -2.08. The molecule has 1 aromatic rings. The van der Waals surface area contributed by atoms with Crippen molar-refractivity contribution in [1.82, 2.24) is 0 Å². The second-order valence-electron chi connectivity index (χ2n) is 4.52. The van der Waals surface area contributed by atoms with Crippen molar-refractivity contribution in [2.24, 2.45) is 5.41 Å². The molecule has 0 radical (unpaired) electrons. The lowest BCUT2D eigenvalue weighted by molar-refractivity contribution is 0.411. The molecule has 0 saturated carbocycles. The lowest BCUT2D eigenvalue weighted by Gasteiger charge is -2.17. The SMILES string of the molecule is [C-]#[N+]c1ccc(CC(C)(C)C)cc1. The Morgan fingerprint density at radius 2 is 1.69 bits per heavy atom. The van der Waals surface area contributed by atoms with Crippen LogP contribution in [0.2, 0.25) is 0 Å². The summed E-state index contributed by atoms with van der Waals surface area (Å²) in [5.41, 5.74) is 2.34. The maximum absolute atomic E-state index is 6.82. The molecule has 0 spiro atoms. The molecule has 1 heteroatoms. The number of nitrogens with zero attached hydrogens (tertiary/aromatic N) is 1. The molecule has 1 rings (SSSR count). The van der Waals surface area contributed by atoms with Crippen LogP contribution >= 0.6 is 0 Å². The second kappa shape index (κ2) is 3.62. The van der Waals surface area contributed by atoms with Gasteiger partial charge in [-0.05, 0) is 17.4 Å². The zero-order valence-electron chi connectivity index (χ0n) is 8.46. The fraction of sp³-hybridized carbons (Fsp3) is 0.417. The van der Waals surface area contributed by atoms with Crippen LogP contribution in [-0.4, -0.2) is 0 Å². The Kier molecular flexibility index (Phi) is 2.72. The molecule has 13 heavy (non-hydrogen) atoms. The summed E-state index contributed by atoms with van der Waals surface area (Å²) in [5, 5.41) is 0. The first kappa shape index (κ1) is 9.80. The van der Waals surface area contributed by atoms with E-state index in [-0.39, 0.29) is 0 Å². The van der Waals surface area contributed by atoms with Crippen LogP contribution in [0.25, 0.3) is 4.85 Å². The summed E-state index contributed by atoms with van der Waals surface area (Å²) in [6.45, 7) is 13.5. The molecule has 1 nitrogen and oxygen atoms in total. The van der Waals surface area contributed by atoms with Gasteiger partial charge in [-0.15, -0.1) is 0 Å². The molecular formula is C12H15N. The second-order valence-corrected chi connectivity index (χ2v) is 4.52. The van der Waals surface area contributed by atoms with Gasteiger partial charge >= 0.3 is 0 Å². The van der Waals surface area contributed by atoms with Crippen molar-refractivity contribution in [2.75, 3.05) is 0 Å². The van der Waals surface area contributed by atoms with E-state index in [1.54, 1.807) is 0 Å². The van der Waals surface area contributed by atoms with Crippen molar-refractivity contribution in [3.05, 3.63) is 41.2 Å². The predicted octanol–water partition coefficient (Wildman–Crippen LogP) is 3.83. The topological polar surface area (TPSA) is 4.36 Å². The van der Waals surface area contributed by atoms with Crippen molar-refractivity contribution in [3.63, 3.8) is 0 Å². The molecule has 1 aromatic carbocycles. The first-order valence-electron chi connectivity index (χ1n) is 4.48. The van der Waals surface area contributed by atoms with E-state index in [0.29, 0.717) is 5.41 Å². The fourth-order valence-corrected chi connectivity index (χ4v) is 1.30. The average molecular weight is 173 g/mol. The van der Waals surface area contributed by atoms with E-state index in [2.05, 4.69) is 25.6 Å². The molecule has 0 aromatic heterocycles. The van der Waals surface area contributed by atoms with Crippen LogP contribution in [0.3, 0.4) is 0 Å². The molecule has 0 heterocycles. The summed E-state index contributed by atoms with van der Waals surface area (Å²) in [6, 6.07) is 7.85. The van der Waals surface area contributed by atoms with Crippen LogP contribution in [-0.2, 0) is 6.42 Å². The predicted molar refractivity (Wildman–Crippen MR) is 55.9 cm³/mol. The average Bonchev–Trinajstić information content (AvgIpc) is 2.03. The van der Waals surface area contributed by atoms with Gasteiger partial charge in [-0.2, -0.15) is 0 Å². The zero-order valence-corrected chi connectivity index (χ0v) is 8.46. The Bertz CT molecular complexity index is 308. The standard InChI is InChI=1S/C12H15N/c1-12(2,3)9-10-5-7-11(13-4)8-6-10/h5-8H,9H2,1-3H3. The van der Waals surface area contributed by atoms with Gasteiger partial charge in [0.15, 0.2) is 5.69 Å². The molecule has 0 saturated heterocycles. The quantitative estimate of drug-likeness (QED) is 0.568. The van der Waals surface area contributed by atoms with Crippen molar-refractivity contribution in [1.29, 1.82) is 0 Å². The third kappa shape index (κ3) is 3.29. The van der Waals surface area contributed by atoms with Crippen LogP contribution in [0, 0.1) is 12.0 Å². The molecule has 68 valence electrons. The van der Waals surface area contributed by atoms with Crippen molar-refractivity contribution in [2.45, 2.75) is 27.2 Å². The minimum absolute atomic E-state index is 0.319. The fourth-order valence-electron chi connectivity index (χ4n) is 1.30. The monoisotopic (exact) mass is 173 g/mol. The number of hydrogen-bond donors (Lipinski definition) is 0.